The zero-order chi connectivity index (χ0) is 13.1. The molecule has 0 unspecified atom stereocenters. The van der Waals surface area contributed by atoms with Gasteiger partial charge in [-0.3, -0.25) is 4.79 Å². The van der Waals surface area contributed by atoms with Crippen molar-refractivity contribution < 1.29 is 9.53 Å². The fraction of sp³-hybridized carbons (Fsp3) is 0.533. The van der Waals surface area contributed by atoms with E-state index in [1.807, 2.05) is 19.1 Å². The molecule has 1 aromatic rings. The molecule has 1 aromatic carbocycles. The van der Waals surface area contributed by atoms with E-state index in [4.69, 9.17) is 4.74 Å². The van der Waals surface area contributed by atoms with Crippen molar-refractivity contribution in [2.75, 3.05) is 11.9 Å². The van der Waals surface area contributed by atoms with E-state index in [0.29, 0.717) is 12.5 Å². The van der Waals surface area contributed by atoms with Crippen LogP contribution in [-0.4, -0.2) is 18.6 Å². The van der Waals surface area contributed by atoms with Crippen LogP contribution in [0.15, 0.2) is 18.2 Å². The molecule has 98 valence electrons. The summed E-state index contributed by atoms with van der Waals surface area (Å²) in [5, 5.41) is 3.04. The van der Waals surface area contributed by atoms with E-state index >= 15 is 0 Å². The fourth-order valence-corrected chi connectivity index (χ4v) is 2.33. The largest absolute Gasteiger partial charge is 0.368 e. The lowest BCUT2D eigenvalue weighted by Gasteiger charge is -2.18. The second-order valence-corrected chi connectivity index (χ2v) is 5.18. The van der Waals surface area contributed by atoms with Gasteiger partial charge in [-0.25, -0.2) is 0 Å². The molecule has 2 rings (SSSR count). The van der Waals surface area contributed by atoms with Crippen molar-refractivity contribution in [1.29, 1.82) is 0 Å². The summed E-state index contributed by atoms with van der Waals surface area (Å²) in [5.74, 6) is 0.383. The van der Waals surface area contributed by atoms with Gasteiger partial charge in [0.05, 0.1) is 0 Å². The minimum absolute atomic E-state index is 0.0105. The zero-order valence-electron chi connectivity index (χ0n) is 11.3. The molecule has 0 spiro atoms. The van der Waals surface area contributed by atoms with Gasteiger partial charge in [0, 0.05) is 12.3 Å². The highest BCUT2D eigenvalue weighted by atomic mass is 16.5. The van der Waals surface area contributed by atoms with Crippen LogP contribution in [0, 0.1) is 6.92 Å². The number of nitrogens with one attached hydrogen (secondary N) is 1. The van der Waals surface area contributed by atoms with Crippen molar-refractivity contribution in [2.24, 2.45) is 0 Å². The Labute approximate surface area is 109 Å². The first-order valence-corrected chi connectivity index (χ1v) is 6.61. The second-order valence-electron chi connectivity index (χ2n) is 5.18. The summed E-state index contributed by atoms with van der Waals surface area (Å²) < 4.78 is 5.42. The third-order valence-corrected chi connectivity index (χ3v) is 3.40. The normalized spacial score (nSPS) is 19.2. The van der Waals surface area contributed by atoms with Gasteiger partial charge < -0.3 is 10.1 Å². The third kappa shape index (κ3) is 2.72. The first-order chi connectivity index (χ1) is 8.59. The molecule has 1 amide bonds. The topological polar surface area (TPSA) is 38.3 Å². The summed E-state index contributed by atoms with van der Waals surface area (Å²) >= 11 is 0. The van der Waals surface area contributed by atoms with E-state index in [0.717, 1.165) is 24.1 Å². The van der Waals surface area contributed by atoms with Crippen molar-refractivity contribution in [3.05, 3.63) is 29.3 Å². The summed E-state index contributed by atoms with van der Waals surface area (Å²) in [4.78, 5) is 12.1. The molecule has 3 nitrogen and oxygen atoms in total. The molecule has 3 heteroatoms. The highest BCUT2D eigenvalue weighted by Crippen LogP contribution is 2.28. The average Bonchev–Trinajstić information content (AvgIpc) is 2.85. The van der Waals surface area contributed by atoms with Crippen LogP contribution in [-0.2, 0) is 9.53 Å². The fourth-order valence-electron chi connectivity index (χ4n) is 2.33. The van der Waals surface area contributed by atoms with Gasteiger partial charge in [-0.2, -0.15) is 0 Å². The predicted molar refractivity (Wildman–Crippen MR) is 72.9 cm³/mol. The Morgan fingerprint density at radius 3 is 2.83 bits per heavy atom. The molecule has 0 saturated carbocycles. The van der Waals surface area contributed by atoms with E-state index in [9.17, 15) is 4.79 Å². The number of aryl methyl sites for hydroxylation is 1. The highest BCUT2D eigenvalue weighted by Gasteiger charge is 2.24. The monoisotopic (exact) mass is 247 g/mol. The molecule has 1 saturated heterocycles. The van der Waals surface area contributed by atoms with Gasteiger partial charge in [0.25, 0.3) is 5.91 Å². The molecular formula is C15H21NO2. The molecule has 1 atom stereocenters. The van der Waals surface area contributed by atoms with Crippen LogP contribution in [0.1, 0.15) is 43.7 Å². The predicted octanol–water partition coefficient (Wildman–Crippen LogP) is 3.24. The van der Waals surface area contributed by atoms with Crippen LogP contribution >= 0.6 is 0 Å². The van der Waals surface area contributed by atoms with Crippen LogP contribution in [0.3, 0.4) is 0 Å². The minimum atomic E-state index is -0.274. The minimum Gasteiger partial charge on any atom is -0.368 e. The van der Waals surface area contributed by atoms with E-state index in [2.05, 4.69) is 25.2 Å². The number of hydrogen-bond acceptors (Lipinski definition) is 2. The smallest absolute Gasteiger partial charge is 0.253 e. The van der Waals surface area contributed by atoms with Gasteiger partial charge in [-0.05, 0) is 36.8 Å². The molecule has 1 N–H and O–H groups in total. The summed E-state index contributed by atoms with van der Waals surface area (Å²) in [6.07, 6.45) is 1.53. The summed E-state index contributed by atoms with van der Waals surface area (Å²) in [6, 6.07) is 6.13. The number of carbonyl (C=O) groups excluding carboxylic acids is 1. The number of amides is 1. The Hall–Kier alpha value is -1.35. The Morgan fingerprint density at radius 1 is 1.44 bits per heavy atom. The number of benzene rings is 1. The van der Waals surface area contributed by atoms with Crippen molar-refractivity contribution in [3.63, 3.8) is 0 Å². The Kier molecular flexibility index (Phi) is 4.02. The zero-order valence-corrected chi connectivity index (χ0v) is 11.3. The molecule has 0 aliphatic carbocycles. The Balaban J connectivity index is 2.19. The molecule has 0 bridgehead atoms. The van der Waals surface area contributed by atoms with E-state index in [-0.39, 0.29) is 12.0 Å². The molecule has 1 aliphatic rings. The number of ether oxygens (including phenoxy) is 1. The number of rotatable bonds is 3. The summed E-state index contributed by atoms with van der Waals surface area (Å²) in [6.45, 7) is 6.99. The van der Waals surface area contributed by atoms with Gasteiger partial charge in [0.1, 0.15) is 6.10 Å². The standard InChI is InChI=1S/C15H21NO2/c1-10(2)12-7-4-6-11(3)14(12)16-15(17)13-8-5-9-18-13/h4,6-7,10,13H,5,8-9H2,1-3H3,(H,16,17)/t13-/m0/s1. The number of carbonyl (C=O) groups is 1. The SMILES string of the molecule is Cc1cccc(C(C)C)c1NC(=O)[C@@H]1CCCO1. The maximum Gasteiger partial charge on any atom is 0.253 e. The van der Waals surface area contributed by atoms with Gasteiger partial charge in [0.2, 0.25) is 0 Å². The first kappa shape index (κ1) is 13.1. The lowest BCUT2D eigenvalue weighted by Crippen LogP contribution is -2.27. The summed E-state index contributed by atoms with van der Waals surface area (Å²) in [5.41, 5.74) is 3.24. The summed E-state index contributed by atoms with van der Waals surface area (Å²) in [7, 11) is 0. The van der Waals surface area contributed by atoms with Crippen LogP contribution in [0.5, 0.6) is 0 Å². The molecule has 18 heavy (non-hydrogen) atoms. The molecule has 0 aromatic heterocycles. The average molecular weight is 247 g/mol. The van der Waals surface area contributed by atoms with Crippen LogP contribution in [0.25, 0.3) is 0 Å². The van der Waals surface area contributed by atoms with Crippen LogP contribution < -0.4 is 5.32 Å². The lowest BCUT2D eigenvalue weighted by molar-refractivity contribution is -0.124. The molecule has 1 heterocycles. The van der Waals surface area contributed by atoms with Gasteiger partial charge in [0.15, 0.2) is 0 Å². The molecule has 1 fully saturated rings. The van der Waals surface area contributed by atoms with Gasteiger partial charge in [-0.15, -0.1) is 0 Å². The Morgan fingerprint density at radius 2 is 2.22 bits per heavy atom. The third-order valence-electron chi connectivity index (χ3n) is 3.40. The van der Waals surface area contributed by atoms with Crippen molar-refractivity contribution >= 4 is 11.6 Å². The molecule has 1 aliphatic heterocycles. The number of anilines is 1. The maximum atomic E-state index is 12.1. The highest BCUT2D eigenvalue weighted by molar-refractivity contribution is 5.95. The van der Waals surface area contributed by atoms with Crippen molar-refractivity contribution in [1.82, 2.24) is 0 Å². The molecule has 0 radical (unpaired) electrons. The Bertz CT molecular complexity index is 434. The lowest BCUT2D eigenvalue weighted by atomic mass is 9.98. The van der Waals surface area contributed by atoms with Gasteiger partial charge in [-0.1, -0.05) is 32.0 Å². The first-order valence-electron chi connectivity index (χ1n) is 6.61. The van der Waals surface area contributed by atoms with E-state index in [1.165, 1.54) is 5.56 Å². The number of hydrogen-bond donors (Lipinski definition) is 1. The van der Waals surface area contributed by atoms with Gasteiger partial charge >= 0.3 is 0 Å². The van der Waals surface area contributed by atoms with Crippen LogP contribution in [0.4, 0.5) is 5.69 Å². The van der Waals surface area contributed by atoms with E-state index < -0.39 is 0 Å². The van der Waals surface area contributed by atoms with Crippen molar-refractivity contribution in [3.8, 4) is 0 Å². The van der Waals surface area contributed by atoms with Crippen LogP contribution in [0.2, 0.25) is 0 Å². The number of para-hydroxylation sites is 1. The molecular weight excluding hydrogens is 226 g/mol. The van der Waals surface area contributed by atoms with E-state index in [1.54, 1.807) is 0 Å². The maximum absolute atomic E-state index is 12.1. The second kappa shape index (κ2) is 5.53. The quantitative estimate of drug-likeness (QED) is 0.890. The van der Waals surface area contributed by atoms with Crippen molar-refractivity contribution in [2.45, 2.75) is 45.6 Å².